The lowest BCUT2D eigenvalue weighted by Crippen LogP contribution is -2.46. The number of carbonyl (C=O) groups is 5. The quantitative estimate of drug-likeness (QED) is 0.191. The molecule has 2 unspecified atom stereocenters. The molecule has 0 aromatic heterocycles. The fraction of sp³-hybridized carbons (Fsp3) is 0.792. The van der Waals surface area contributed by atoms with Crippen molar-refractivity contribution in [2.75, 3.05) is 32.8 Å². The van der Waals surface area contributed by atoms with E-state index in [4.69, 9.17) is 4.74 Å². The van der Waals surface area contributed by atoms with Crippen LogP contribution in [0.15, 0.2) is 0 Å². The Morgan fingerprint density at radius 2 is 1.64 bits per heavy atom. The van der Waals surface area contributed by atoms with E-state index in [1.165, 1.54) is 0 Å². The zero-order valence-corrected chi connectivity index (χ0v) is 23.5. The van der Waals surface area contributed by atoms with Crippen molar-refractivity contribution in [1.82, 2.24) is 20.4 Å². The highest BCUT2D eigenvalue weighted by Crippen LogP contribution is 2.20. The molecule has 0 spiro atoms. The predicted molar refractivity (Wildman–Crippen MR) is 142 cm³/mol. The standard InChI is InChI=1S/C24H40N4O6S2/c1-23(2,26-19(30)7-13-28-20(31)15-17(36)22(28)33)9-14-34-24(3,4)8-10-25-18(29)6-12-27-11-5-16(35)21(27)32/h16-17,35-36H,5-15H2,1-4H3,(H,25,29)(H,26,30). The summed E-state index contributed by atoms with van der Waals surface area (Å²) < 4.78 is 6.01. The van der Waals surface area contributed by atoms with Crippen LogP contribution in [0.4, 0.5) is 0 Å². The van der Waals surface area contributed by atoms with Gasteiger partial charge in [0.1, 0.15) is 0 Å². The lowest BCUT2D eigenvalue weighted by Gasteiger charge is -2.30. The summed E-state index contributed by atoms with van der Waals surface area (Å²) in [6.45, 7) is 9.62. The number of thiol groups is 2. The van der Waals surface area contributed by atoms with Gasteiger partial charge in [0.2, 0.25) is 29.5 Å². The summed E-state index contributed by atoms with van der Waals surface area (Å²) in [5, 5.41) is 4.94. The molecular formula is C24H40N4O6S2. The highest BCUT2D eigenvalue weighted by atomic mass is 32.1. The molecular weight excluding hydrogens is 504 g/mol. The summed E-state index contributed by atoms with van der Waals surface area (Å²) in [7, 11) is 0. The van der Waals surface area contributed by atoms with Gasteiger partial charge in [-0.25, -0.2) is 0 Å². The number of likely N-dealkylation sites (tertiary alicyclic amines) is 2. The van der Waals surface area contributed by atoms with E-state index in [0.717, 1.165) is 4.90 Å². The number of carbonyl (C=O) groups excluding carboxylic acids is 5. The smallest absolute Gasteiger partial charge is 0.242 e. The van der Waals surface area contributed by atoms with Crippen molar-refractivity contribution in [1.29, 1.82) is 0 Å². The van der Waals surface area contributed by atoms with Crippen LogP contribution in [0.5, 0.6) is 0 Å². The van der Waals surface area contributed by atoms with Crippen LogP contribution in [0.2, 0.25) is 0 Å². The van der Waals surface area contributed by atoms with Crippen molar-refractivity contribution in [2.24, 2.45) is 0 Å². The minimum absolute atomic E-state index is 0.0109. The molecule has 0 aromatic rings. The van der Waals surface area contributed by atoms with Gasteiger partial charge in [-0.1, -0.05) is 0 Å². The third kappa shape index (κ3) is 9.59. The van der Waals surface area contributed by atoms with E-state index in [2.05, 4.69) is 35.9 Å². The fourth-order valence-corrected chi connectivity index (χ4v) is 4.62. The van der Waals surface area contributed by atoms with Gasteiger partial charge in [-0.3, -0.25) is 28.9 Å². The Morgan fingerprint density at radius 1 is 0.972 bits per heavy atom. The van der Waals surface area contributed by atoms with Crippen LogP contribution in [-0.4, -0.2) is 93.8 Å². The maximum absolute atomic E-state index is 12.4. The molecule has 2 heterocycles. The van der Waals surface area contributed by atoms with E-state index in [9.17, 15) is 24.0 Å². The maximum Gasteiger partial charge on any atom is 0.242 e. The summed E-state index contributed by atoms with van der Waals surface area (Å²) in [6.07, 6.45) is 2.25. The predicted octanol–water partition coefficient (Wildman–Crippen LogP) is 0.941. The van der Waals surface area contributed by atoms with E-state index < -0.39 is 16.4 Å². The minimum atomic E-state index is -0.618. The average molecular weight is 545 g/mol. The molecule has 36 heavy (non-hydrogen) atoms. The molecule has 10 nitrogen and oxygen atoms in total. The number of nitrogens with zero attached hydrogens (tertiary/aromatic N) is 2. The average Bonchev–Trinajstić information content (AvgIpc) is 3.21. The zero-order chi connectivity index (χ0) is 27.1. The van der Waals surface area contributed by atoms with Crippen molar-refractivity contribution in [3.05, 3.63) is 0 Å². The molecule has 2 aliphatic heterocycles. The number of imide groups is 1. The number of ether oxygens (including phenoxy) is 1. The molecule has 2 rings (SSSR count). The van der Waals surface area contributed by atoms with E-state index in [1.54, 1.807) is 4.90 Å². The molecule has 2 atom stereocenters. The first-order chi connectivity index (χ1) is 16.7. The summed E-state index contributed by atoms with van der Waals surface area (Å²) in [4.78, 5) is 62.8. The third-order valence-electron chi connectivity index (χ3n) is 6.41. The van der Waals surface area contributed by atoms with E-state index in [0.29, 0.717) is 45.5 Å². The van der Waals surface area contributed by atoms with Crippen molar-refractivity contribution in [2.45, 2.75) is 87.9 Å². The number of nitrogens with one attached hydrogen (secondary N) is 2. The van der Waals surface area contributed by atoms with Gasteiger partial charge in [0, 0.05) is 57.6 Å². The van der Waals surface area contributed by atoms with Gasteiger partial charge in [0.15, 0.2) is 0 Å². The van der Waals surface area contributed by atoms with Crippen LogP contribution in [-0.2, 0) is 28.7 Å². The van der Waals surface area contributed by atoms with Crippen molar-refractivity contribution < 1.29 is 28.7 Å². The molecule has 0 radical (unpaired) electrons. The Labute approximate surface area is 224 Å². The summed E-state index contributed by atoms with van der Waals surface area (Å²) in [5.41, 5.74) is -1.01. The van der Waals surface area contributed by atoms with E-state index in [1.807, 2.05) is 27.7 Å². The zero-order valence-electron chi connectivity index (χ0n) is 21.7. The highest BCUT2D eigenvalue weighted by Gasteiger charge is 2.36. The van der Waals surface area contributed by atoms with Crippen LogP contribution >= 0.6 is 25.3 Å². The topological polar surface area (TPSA) is 125 Å². The minimum Gasteiger partial charge on any atom is -0.375 e. The molecule has 2 fully saturated rings. The Hall–Kier alpha value is -1.79. The number of hydrogen-bond acceptors (Lipinski definition) is 8. The van der Waals surface area contributed by atoms with Gasteiger partial charge in [-0.2, -0.15) is 25.3 Å². The molecule has 12 heteroatoms. The summed E-state index contributed by atoms with van der Waals surface area (Å²) >= 11 is 8.30. The second-order valence-corrected chi connectivity index (χ2v) is 11.9. The third-order valence-corrected chi connectivity index (χ3v) is 7.29. The molecule has 2 saturated heterocycles. The molecule has 0 saturated carbocycles. The Morgan fingerprint density at radius 3 is 2.22 bits per heavy atom. The molecule has 0 aliphatic carbocycles. The molecule has 2 aliphatic rings. The largest absolute Gasteiger partial charge is 0.375 e. The number of rotatable bonds is 14. The van der Waals surface area contributed by atoms with Gasteiger partial charge < -0.3 is 20.3 Å². The van der Waals surface area contributed by atoms with Crippen molar-refractivity contribution in [3.63, 3.8) is 0 Å². The Balaban J connectivity index is 1.61. The first-order valence-electron chi connectivity index (χ1n) is 12.4. The van der Waals surface area contributed by atoms with Crippen LogP contribution in [0.3, 0.4) is 0 Å². The molecule has 5 amide bonds. The second kappa shape index (κ2) is 13.1. The van der Waals surface area contributed by atoms with Gasteiger partial charge in [0.05, 0.1) is 16.1 Å². The first kappa shape index (κ1) is 30.4. The molecule has 0 bridgehead atoms. The fourth-order valence-electron chi connectivity index (χ4n) is 4.04. The monoisotopic (exact) mass is 544 g/mol. The van der Waals surface area contributed by atoms with E-state index >= 15 is 0 Å². The summed E-state index contributed by atoms with van der Waals surface area (Å²) in [5.74, 6) is -1.01. The lowest BCUT2D eigenvalue weighted by atomic mass is 10.00. The van der Waals surface area contributed by atoms with Crippen molar-refractivity contribution in [3.8, 4) is 0 Å². The molecule has 0 aromatic carbocycles. The first-order valence-corrected chi connectivity index (χ1v) is 13.4. The lowest BCUT2D eigenvalue weighted by molar-refractivity contribution is -0.138. The second-order valence-electron chi connectivity index (χ2n) is 10.6. The molecule has 2 N–H and O–H groups in total. The summed E-state index contributed by atoms with van der Waals surface area (Å²) in [6, 6.07) is 0. The highest BCUT2D eigenvalue weighted by molar-refractivity contribution is 7.82. The van der Waals surface area contributed by atoms with Gasteiger partial charge in [0.25, 0.3) is 0 Å². The van der Waals surface area contributed by atoms with Gasteiger partial charge >= 0.3 is 0 Å². The van der Waals surface area contributed by atoms with Gasteiger partial charge in [-0.05, 0) is 47.0 Å². The molecule has 204 valence electrons. The van der Waals surface area contributed by atoms with E-state index in [-0.39, 0.29) is 60.6 Å². The van der Waals surface area contributed by atoms with Crippen LogP contribution in [0.1, 0.15) is 66.2 Å². The maximum atomic E-state index is 12.4. The SMILES string of the molecule is CC(C)(CCOC(C)(C)CCNC(=O)CCN1CCC(S)C1=O)NC(=O)CCN1C(=O)CC(S)C1=O. The number of amides is 5. The Kier molecular flexibility index (Phi) is 11.1. The van der Waals surface area contributed by atoms with Crippen LogP contribution < -0.4 is 10.6 Å². The van der Waals surface area contributed by atoms with Crippen LogP contribution in [0.25, 0.3) is 0 Å². The van der Waals surface area contributed by atoms with Crippen LogP contribution in [0, 0.1) is 0 Å². The Bertz CT molecular complexity index is 850. The van der Waals surface area contributed by atoms with Gasteiger partial charge in [-0.15, -0.1) is 0 Å². The number of hydrogen-bond donors (Lipinski definition) is 4. The normalized spacial score (nSPS) is 20.9. The van der Waals surface area contributed by atoms with Crippen molar-refractivity contribution >= 4 is 54.8 Å².